The highest BCUT2D eigenvalue weighted by Gasteiger charge is 2.08. The standard InChI is InChI=1S/C16H13Cl2N5/c1-23(14-5-3-2-4-6-14)15-10-19-22-16(21-15)20-13-8-11(17)7-12(18)9-13/h2-10H,1H3,(H,20,21,22). The quantitative estimate of drug-likeness (QED) is 0.743. The lowest BCUT2D eigenvalue weighted by Gasteiger charge is -2.18. The molecule has 0 atom stereocenters. The molecule has 0 unspecified atom stereocenters. The van der Waals surface area contributed by atoms with Crippen LogP contribution in [0.25, 0.3) is 0 Å². The van der Waals surface area contributed by atoms with Gasteiger partial charge in [-0.15, -0.1) is 5.10 Å². The number of nitrogens with zero attached hydrogens (tertiary/aromatic N) is 4. The minimum atomic E-state index is 0.364. The maximum absolute atomic E-state index is 5.99. The summed E-state index contributed by atoms with van der Waals surface area (Å²) in [5.74, 6) is 1.03. The van der Waals surface area contributed by atoms with E-state index in [9.17, 15) is 0 Å². The molecule has 3 aromatic rings. The van der Waals surface area contributed by atoms with Crippen molar-refractivity contribution in [2.75, 3.05) is 17.3 Å². The van der Waals surface area contributed by atoms with Crippen LogP contribution in [0, 0.1) is 0 Å². The van der Waals surface area contributed by atoms with Gasteiger partial charge in [-0.05, 0) is 30.3 Å². The van der Waals surface area contributed by atoms with Gasteiger partial charge in [0.05, 0.1) is 6.20 Å². The van der Waals surface area contributed by atoms with Crippen LogP contribution in [0.2, 0.25) is 10.0 Å². The van der Waals surface area contributed by atoms with Crippen LogP contribution in [0.1, 0.15) is 0 Å². The highest BCUT2D eigenvalue weighted by Crippen LogP contribution is 2.25. The van der Waals surface area contributed by atoms with Crippen LogP contribution in [-0.2, 0) is 0 Å². The van der Waals surface area contributed by atoms with Gasteiger partial charge in [-0.2, -0.15) is 10.1 Å². The van der Waals surface area contributed by atoms with Gasteiger partial charge in [-0.25, -0.2) is 0 Å². The first kappa shape index (κ1) is 15.5. The molecule has 0 radical (unpaired) electrons. The number of rotatable bonds is 4. The first-order chi connectivity index (χ1) is 11.1. The lowest BCUT2D eigenvalue weighted by atomic mass is 10.3. The van der Waals surface area contributed by atoms with Crippen molar-refractivity contribution in [3.8, 4) is 0 Å². The molecule has 2 aromatic carbocycles. The largest absolute Gasteiger partial charge is 0.328 e. The summed E-state index contributed by atoms with van der Waals surface area (Å²) in [6, 6.07) is 15.0. The van der Waals surface area contributed by atoms with E-state index in [-0.39, 0.29) is 0 Å². The topological polar surface area (TPSA) is 53.9 Å². The summed E-state index contributed by atoms with van der Waals surface area (Å²) in [7, 11) is 1.92. The molecular formula is C16H13Cl2N5. The average Bonchev–Trinajstić information content (AvgIpc) is 2.54. The van der Waals surface area contributed by atoms with E-state index >= 15 is 0 Å². The van der Waals surface area contributed by atoms with Crippen LogP contribution >= 0.6 is 23.2 Å². The van der Waals surface area contributed by atoms with Crippen molar-refractivity contribution in [2.24, 2.45) is 0 Å². The van der Waals surface area contributed by atoms with E-state index in [4.69, 9.17) is 23.2 Å². The molecule has 116 valence electrons. The smallest absolute Gasteiger partial charge is 0.249 e. The van der Waals surface area contributed by atoms with E-state index in [2.05, 4.69) is 20.5 Å². The van der Waals surface area contributed by atoms with E-state index in [0.29, 0.717) is 27.5 Å². The maximum atomic E-state index is 5.99. The second-order valence-corrected chi connectivity index (χ2v) is 5.69. The molecule has 1 aromatic heterocycles. The van der Waals surface area contributed by atoms with Crippen molar-refractivity contribution in [2.45, 2.75) is 0 Å². The van der Waals surface area contributed by atoms with Gasteiger partial charge in [0.25, 0.3) is 0 Å². The average molecular weight is 346 g/mol. The molecule has 0 amide bonds. The number of hydrogen-bond acceptors (Lipinski definition) is 5. The zero-order valence-electron chi connectivity index (χ0n) is 12.2. The van der Waals surface area contributed by atoms with Crippen LogP contribution < -0.4 is 10.2 Å². The molecule has 0 spiro atoms. The maximum Gasteiger partial charge on any atom is 0.249 e. The number of anilines is 4. The molecule has 0 bridgehead atoms. The Kier molecular flexibility index (Phi) is 4.60. The molecule has 0 saturated heterocycles. The Morgan fingerprint density at radius 3 is 2.39 bits per heavy atom. The predicted octanol–water partition coefficient (Wildman–Crippen LogP) is 4.69. The summed E-state index contributed by atoms with van der Waals surface area (Å²) < 4.78 is 0. The van der Waals surface area contributed by atoms with Crippen LogP contribution in [0.3, 0.4) is 0 Å². The summed E-state index contributed by atoms with van der Waals surface area (Å²) in [6.07, 6.45) is 1.60. The SMILES string of the molecule is CN(c1ccccc1)c1cnnc(Nc2cc(Cl)cc(Cl)c2)n1. The summed E-state index contributed by atoms with van der Waals surface area (Å²) in [5, 5.41) is 12.1. The van der Waals surface area contributed by atoms with Gasteiger partial charge in [0, 0.05) is 28.5 Å². The van der Waals surface area contributed by atoms with Gasteiger partial charge in [-0.1, -0.05) is 41.4 Å². The molecule has 1 N–H and O–H groups in total. The van der Waals surface area contributed by atoms with Gasteiger partial charge in [0.2, 0.25) is 5.95 Å². The fourth-order valence-electron chi connectivity index (χ4n) is 2.05. The van der Waals surface area contributed by atoms with Crippen molar-refractivity contribution < 1.29 is 0 Å². The zero-order valence-corrected chi connectivity index (χ0v) is 13.8. The summed E-state index contributed by atoms with van der Waals surface area (Å²) in [4.78, 5) is 6.38. The fourth-order valence-corrected chi connectivity index (χ4v) is 2.57. The Morgan fingerprint density at radius 2 is 1.70 bits per heavy atom. The van der Waals surface area contributed by atoms with Crippen LogP contribution in [0.5, 0.6) is 0 Å². The number of halogens is 2. The molecule has 23 heavy (non-hydrogen) atoms. The van der Waals surface area contributed by atoms with E-state index in [0.717, 1.165) is 5.69 Å². The van der Waals surface area contributed by atoms with Gasteiger partial charge < -0.3 is 10.2 Å². The first-order valence-electron chi connectivity index (χ1n) is 6.83. The Morgan fingerprint density at radius 1 is 1.00 bits per heavy atom. The Labute approximate surface area is 143 Å². The third-order valence-electron chi connectivity index (χ3n) is 3.15. The Balaban J connectivity index is 1.85. The van der Waals surface area contributed by atoms with Crippen molar-refractivity contribution in [1.82, 2.24) is 15.2 Å². The minimum absolute atomic E-state index is 0.364. The number of benzene rings is 2. The van der Waals surface area contributed by atoms with Crippen molar-refractivity contribution in [3.63, 3.8) is 0 Å². The third-order valence-corrected chi connectivity index (χ3v) is 3.59. The Hall–Kier alpha value is -2.37. The predicted molar refractivity (Wildman–Crippen MR) is 94.1 cm³/mol. The van der Waals surface area contributed by atoms with Crippen molar-refractivity contribution in [1.29, 1.82) is 0 Å². The number of aromatic nitrogens is 3. The van der Waals surface area contributed by atoms with Crippen molar-refractivity contribution in [3.05, 3.63) is 64.8 Å². The second kappa shape index (κ2) is 6.81. The van der Waals surface area contributed by atoms with Gasteiger partial charge in [0.15, 0.2) is 5.82 Å². The highest BCUT2D eigenvalue weighted by atomic mass is 35.5. The lowest BCUT2D eigenvalue weighted by molar-refractivity contribution is 0.957. The lowest BCUT2D eigenvalue weighted by Crippen LogP contribution is -2.13. The first-order valence-corrected chi connectivity index (χ1v) is 7.59. The molecule has 0 saturated carbocycles. The molecular weight excluding hydrogens is 333 g/mol. The number of nitrogens with one attached hydrogen (secondary N) is 1. The second-order valence-electron chi connectivity index (χ2n) is 4.82. The zero-order chi connectivity index (χ0) is 16.2. The molecule has 0 aliphatic carbocycles. The minimum Gasteiger partial charge on any atom is -0.328 e. The number of para-hydroxylation sites is 1. The molecule has 7 heteroatoms. The normalized spacial score (nSPS) is 10.4. The van der Waals surface area contributed by atoms with Gasteiger partial charge in [-0.3, -0.25) is 0 Å². The molecule has 0 aliphatic heterocycles. The molecule has 3 rings (SSSR count). The fraction of sp³-hybridized carbons (Fsp3) is 0.0625. The third kappa shape index (κ3) is 3.88. The molecule has 0 aliphatic rings. The summed E-state index contributed by atoms with van der Waals surface area (Å²) >= 11 is 12.0. The van der Waals surface area contributed by atoms with E-state index in [1.807, 2.05) is 42.3 Å². The Bertz CT molecular complexity index is 790. The van der Waals surface area contributed by atoms with Crippen LogP contribution in [0.15, 0.2) is 54.7 Å². The highest BCUT2D eigenvalue weighted by molar-refractivity contribution is 6.35. The number of hydrogen-bond donors (Lipinski definition) is 1. The van der Waals surface area contributed by atoms with E-state index < -0.39 is 0 Å². The summed E-state index contributed by atoms with van der Waals surface area (Å²) in [6.45, 7) is 0. The van der Waals surface area contributed by atoms with Gasteiger partial charge in [0.1, 0.15) is 0 Å². The van der Waals surface area contributed by atoms with Gasteiger partial charge >= 0.3 is 0 Å². The van der Waals surface area contributed by atoms with E-state index in [1.165, 1.54) is 0 Å². The summed E-state index contributed by atoms with van der Waals surface area (Å²) in [5.41, 5.74) is 1.70. The monoisotopic (exact) mass is 345 g/mol. The van der Waals surface area contributed by atoms with Crippen LogP contribution in [-0.4, -0.2) is 22.2 Å². The molecule has 0 fully saturated rings. The molecule has 5 nitrogen and oxygen atoms in total. The van der Waals surface area contributed by atoms with E-state index in [1.54, 1.807) is 24.4 Å². The van der Waals surface area contributed by atoms with Crippen molar-refractivity contribution >= 4 is 46.3 Å². The molecule has 1 heterocycles. The van der Waals surface area contributed by atoms with Crippen LogP contribution in [0.4, 0.5) is 23.1 Å².